The first-order valence-electron chi connectivity index (χ1n) is 5.29. The van der Waals surface area contributed by atoms with Crippen molar-refractivity contribution in [2.24, 2.45) is 0 Å². The molecule has 0 radical (unpaired) electrons. The van der Waals surface area contributed by atoms with Crippen molar-refractivity contribution in [3.8, 4) is 5.95 Å². The fourth-order valence-corrected chi connectivity index (χ4v) is 2.01. The lowest BCUT2D eigenvalue weighted by atomic mass is 10.2. The molecule has 4 heteroatoms. The van der Waals surface area contributed by atoms with E-state index in [1.165, 1.54) is 11.3 Å². The molecule has 0 saturated carbocycles. The average molecular weight is 236 g/mol. The minimum Gasteiger partial charge on any atom is -0.287 e. The lowest BCUT2D eigenvalue weighted by Crippen LogP contribution is -2.04. The molecule has 84 valence electrons. The molecule has 2 aromatic heterocycles. The highest BCUT2D eigenvalue weighted by Gasteiger charge is 2.10. The Morgan fingerprint density at radius 3 is 2.38 bits per heavy atom. The summed E-state index contributed by atoms with van der Waals surface area (Å²) in [5.41, 5.74) is 3.68. The van der Waals surface area contributed by atoms with Gasteiger partial charge in [0.15, 0.2) is 0 Å². The van der Waals surface area contributed by atoms with E-state index in [-0.39, 0.29) is 0 Å². The zero-order valence-corrected chi connectivity index (χ0v) is 10.4. The molecule has 0 atom stereocenters. The fraction of sp³-hybridized carbons (Fsp3) is 0.333. The zero-order valence-electron chi connectivity index (χ0n) is 9.66. The topological polar surface area (TPSA) is 30.7 Å². The van der Waals surface area contributed by atoms with Gasteiger partial charge in [-0.2, -0.15) is 0 Å². The molecule has 0 aliphatic carbocycles. The van der Waals surface area contributed by atoms with E-state index in [9.17, 15) is 0 Å². The molecular weight excluding hydrogens is 222 g/mol. The molecule has 2 heterocycles. The van der Waals surface area contributed by atoms with Gasteiger partial charge in [-0.05, 0) is 31.9 Å². The smallest absolute Gasteiger partial charge is 0.234 e. The largest absolute Gasteiger partial charge is 0.287 e. The molecule has 2 rings (SSSR count). The van der Waals surface area contributed by atoms with Crippen LogP contribution in [0.2, 0.25) is 5.02 Å². The van der Waals surface area contributed by atoms with Gasteiger partial charge in [0.2, 0.25) is 5.95 Å². The Labute approximate surface area is 100 Å². The van der Waals surface area contributed by atoms with Crippen LogP contribution in [0.4, 0.5) is 0 Å². The molecule has 0 aliphatic rings. The summed E-state index contributed by atoms with van der Waals surface area (Å²) in [5.74, 6) is 0.680. The summed E-state index contributed by atoms with van der Waals surface area (Å²) in [5, 5.41) is 0.557. The predicted molar refractivity (Wildman–Crippen MR) is 65.2 cm³/mol. The number of rotatable bonds is 2. The van der Waals surface area contributed by atoms with Gasteiger partial charge in [-0.15, -0.1) is 0 Å². The van der Waals surface area contributed by atoms with E-state index in [0.29, 0.717) is 11.0 Å². The van der Waals surface area contributed by atoms with Crippen LogP contribution in [-0.2, 0) is 6.42 Å². The van der Waals surface area contributed by atoms with Gasteiger partial charge in [-0.3, -0.25) is 4.57 Å². The van der Waals surface area contributed by atoms with Crippen LogP contribution in [-0.4, -0.2) is 14.5 Å². The van der Waals surface area contributed by atoms with Crippen molar-refractivity contribution in [2.75, 3.05) is 0 Å². The summed E-state index contributed by atoms with van der Waals surface area (Å²) in [6.45, 7) is 6.29. The van der Waals surface area contributed by atoms with Crippen LogP contribution in [0.25, 0.3) is 5.95 Å². The summed E-state index contributed by atoms with van der Waals surface area (Å²) in [4.78, 5) is 8.48. The minimum absolute atomic E-state index is 0.557. The highest BCUT2D eigenvalue weighted by Crippen LogP contribution is 2.19. The first kappa shape index (κ1) is 11.1. The third-order valence-corrected chi connectivity index (χ3v) is 2.92. The van der Waals surface area contributed by atoms with E-state index < -0.39 is 0 Å². The molecule has 0 fully saturated rings. The van der Waals surface area contributed by atoms with Crippen LogP contribution in [0.3, 0.4) is 0 Å². The molecule has 2 aromatic rings. The molecule has 0 spiro atoms. The van der Waals surface area contributed by atoms with Crippen LogP contribution >= 0.6 is 11.6 Å². The Bertz CT molecular complexity index is 500. The lowest BCUT2D eigenvalue weighted by molar-refractivity contribution is 0.865. The second-order valence-electron chi connectivity index (χ2n) is 3.79. The maximum Gasteiger partial charge on any atom is 0.234 e. The number of nitrogens with zero attached hydrogens (tertiary/aromatic N) is 3. The molecule has 0 N–H and O–H groups in total. The van der Waals surface area contributed by atoms with Gasteiger partial charge in [0, 0.05) is 11.4 Å². The van der Waals surface area contributed by atoms with E-state index in [4.69, 9.17) is 11.6 Å². The fourth-order valence-electron chi connectivity index (χ4n) is 1.92. The highest BCUT2D eigenvalue weighted by atomic mass is 35.5. The second kappa shape index (κ2) is 4.26. The normalized spacial score (nSPS) is 10.8. The Kier molecular flexibility index (Phi) is 2.97. The van der Waals surface area contributed by atoms with Gasteiger partial charge in [0.25, 0.3) is 0 Å². The maximum absolute atomic E-state index is 5.78. The van der Waals surface area contributed by atoms with Crippen molar-refractivity contribution in [2.45, 2.75) is 27.2 Å². The third kappa shape index (κ3) is 1.83. The van der Waals surface area contributed by atoms with Crippen molar-refractivity contribution in [3.63, 3.8) is 0 Å². The number of hydrogen-bond donors (Lipinski definition) is 0. The van der Waals surface area contributed by atoms with Crippen molar-refractivity contribution < 1.29 is 0 Å². The number of hydrogen-bond acceptors (Lipinski definition) is 2. The summed E-state index contributed by atoms with van der Waals surface area (Å²) in [6, 6.07) is 2.17. The number of aryl methyl sites for hydroxylation is 2. The van der Waals surface area contributed by atoms with E-state index in [1.54, 1.807) is 12.4 Å². The van der Waals surface area contributed by atoms with Crippen molar-refractivity contribution in [1.82, 2.24) is 14.5 Å². The van der Waals surface area contributed by atoms with Crippen LogP contribution in [0.15, 0.2) is 18.5 Å². The van der Waals surface area contributed by atoms with Crippen molar-refractivity contribution in [3.05, 3.63) is 40.4 Å². The summed E-state index contributed by atoms with van der Waals surface area (Å²) in [7, 11) is 0. The summed E-state index contributed by atoms with van der Waals surface area (Å²) in [6.07, 6.45) is 4.26. The molecule has 3 nitrogen and oxygen atoms in total. The standard InChI is InChI=1S/C12H14ClN3/c1-4-10-5-8(2)16(9(10)3)12-14-6-11(13)7-15-12/h5-7H,4H2,1-3H3. The lowest BCUT2D eigenvalue weighted by Gasteiger charge is -2.07. The van der Waals surface area contributed by atoms with Crippen molar-refractivity contribution in [1.29, 1.82) is 0 Å². The van der Waals surface area contributed by atoms with E-state index >= 15 is 0 Å². The molecule has 0 bridgehead atoms. The maximum atomic E-state index is 5.78. The molecule has 0 amide bonds. The van der Waals surface area contributed by atoms with E-state index in [1.807, 2.05) is 0 Å². The Balaban J connectivity index is 2.55. The molecule has 0 unspecified atom stereocenters. The minimum atomic E-state index is 0.557. The van der Waals surface area contributed by atoms with Gasteiger partial charge in [0.1, 0.15) is 0 Å². The van der Waals surface area contributed by atoms with Crippen LogP contribution < -0.4 is 0 Å². The summed E-state index contributed by atoms with van der Waals surface area (Å²) < 4.78 is 2.05. The van der Waals surface area contributed by atoms with Crippen LogP contribution in [0, 0.1) is 13.8 Å². The predicted octanol–water partition coefficient (Wildman–Crippen LogP) is 3.10. The van der Waals surface area contributed by atoms with Gasteiger partial charge < -0.3 is 0 Å². The zero-order chi connectivity index (χ0) is 11.7. The Morgan fingerprint density at radius 1 is 1.25 bits per heavy atom. The molecule has 16 heavy (non-hydrogen) atoms. The third-order valence-electron chi connectivity index (χ3n) is 2.72. The molecule has 0 saturated heterocycles. The average Bonchev–Trinajstić information content (AvgIpc) is 2.56. The first-order chi connectivity index (χ1) is 7.63. The SMILES string of the molecule is CCc1cc(C)n(-c2ncc(Cl)cn2)c1C. The van der Waals surface area contributed by atoms with Gasteiger partial charge >= 0.3 is 0 Å². The Morgan fingerprint density at radius 2 is 1.88 bits per heavy atom. The van der Waals surface area contributed by atoms with E-state index in [0.717, 1.165) is 12.1 Å². The van der Waals surface area contributed by atoms with Gasteiger partial charge in [-0.1, -0.05) is 18.5 Å². The van der Waals surface area contributed by atoms with Crippen LogP contribution in [0.1, 0.15) is 23.9 Å². The Hall–Kier alpha value is -1.35. The number of aromatic nitrogens is 3. The monoisotopic (exact) mass is 235 g/mol. The van der Waals surface area contributed by atoms with E-state index in [2.05, 4.69) is 41.4 Å². The molecular formula is C12H14ClN3. The molecule has 0 aliphatic heterocycles. The number of halogens is 1. The second-order valence-corrected chi connectivity index (χ2v) is 4.22. The first-order valence-corrected chi connectivity index (χ1v) is 5.67. The van der Waals surface area contributed by atoms with Crippen molar-refractivity contribution >= 4 is 11.6 Å². The highest BCUT2D eigenvalue weighted by molar-refractivity contribution is 6.30. The quantitative estimate of drug-likeness (QED) is 0.801. The molecule has 0 aromatic carbocycles. The van der Waals surface area contributed by atoms with Crippen LogP contribution in [0.5, 0.6) is 0 Å². The van der Waals surface area contributed by atoms with Gasteiger partial charge in [0.05, 0.1) is 17.4 Å². The summed E-state index contributed by atoms with van der Waals surface area (Å²) >= 11 is 5.78. The van der Waals surface area contributed by atoms with Gasteiger partial charge in [-0.25, -0.2) is 9.97 Å².